The molecule has 1 heterocycles. The van der Waals surface area contributed by atoms with E-state index in [-0.39, 0.29) is 31.8 Å². The van der Waals surface area contributed by atoms with Crippen LogP contribution >= 0.6 is 0 Å². The van der Waals surface area contributed by atoms with Gasteiger partial charge < -0.3 is 0 Å². The van der Waals surface area contributed by atoms with Gasteiger partial charge in [0.05, 0.1) is 0 Å². The van der Waals surface area contributed by atoms with Crippen molar-refractivity contribution in [1.29, 1.82) is 0 Å². The van der Waals surface area contributed by atoms with Gasteiger partial charge in [-0.25, -0.2) is 0 Å². The Hall–Kier alpha value is -3.19. The summed E-state index contributed by atoms with van der Waals surface area (Å²) in [6, 6.07) is 30.7. The quantitative estimate of drug-likeness (QED) is 0.217. The zero-order valence-electron chi connectivity index (χ0n) is 17.3. The Morgan fingerprint density at radius 2 is 1.62 bits per heavy atom. The monoisotopic (exact) mass is 534 g/mol. The zero-order chi connectivity index (χ0) is 21.9. The third-order valence-electron chi connectivity index (χ3n) is 5.48. The van der Waals surface area contributed by atoms with E-state index in [9.17, 15) is 10.1 Å². The summed E-state index contributed by atoms with van der Waals surface area (Å²) in [6.07, 6.45) is 1.69. The average molecular weight is 534 g/mol. The van der Waals surface area contributed by atoms with Crippen LogP contribution < -0.4 is 25.9 Å². The molecule has 0 bridgehead atoms. The first kappa shape index (κ1) is 20.7. The second-order valence-electron chi connectivity index (χ2n) is 7.73. The molecule has 0 aliphatic carbocycles. The number of hydrogen-bond acceptors (Lipinski definition) is 3. The van der Waals surface area contributed by atoms with Crippen LogP contribution in [0.2, 0.25) is 0 Å². The van der Waals surface area contributed by atoms with Crippen molar-refractivity contribution in [3.63, 3.8) is 0 Å². The van der Waals surface area contributed by atoms with E-state index < -0.39 is 0 Å². The molecule has 1 aliphatic heterocycles. The molecule has 5 rings (SSSR count). The molecule has 4 nitrogen and oxygen atoms in total. The summed E-state index contributed by atoms with van der Waals surface area (Å²) in [5, 5.41) is 11.2. The van der Waals surface area contributed by atoms with E-state index in [4.69, 9.17) is 4.74 Å². The topological polar surface area (TPSA) is 52.4 Å². The molecule has 0 fully saturated rings. The van der Waals surface area contributed by atoms with Gasteiger partial charge in [-0.1, -0.05) is 0 Å². The van der Waals surface area contributed by atoms with Crippen LogP contribution in [0.15, 0.2) is 91.0 Å². The van der Waals surface area contributed by atoms with Gasteiger partial charge in [0.15, 0.2) is 0 Å². The van der Waals surface area contributed by atoms with E-state index in [0.29, 0.717) is 6.61 Å². The molecule has 160 valence electrons. The number of hydrogen-bond donors (Lipinski definition) is 0. The van der Waals surface area contributed by atoms with Crippen molar-refractivity contribution in [3.05, 3.63) is 125 Å². The van der Waals surface area contributed by atoms with E-state index in [2.05, 4.69) is 66.7 Å². The van der Waals surface area contributed by atoms with Gasteiger partial charge in [-0.05, 0) is 0 Å². The predicted molar refractivity (Wildman–Crippen MR) is 121 cm³/mol. The summed E-state index contributed by atoms with van der Waals surface area (Å²) >= 11 is -0.165. The maximum atomic E-state index is 11.2. The van der Waals surface area contributed by atoms with Crippen LogP contribution in [0.3, 0.4) is 0 Å². The fraction of sp³-hybridized carbons (Fsp3) is 0.111. The molecule has 0 atom stereocenters. The molecular formula is C27H21INO3-. The van der Waals surface area contributed by atoms with Crippen molar-refractivity contribution in [2.45, 2.75) is 12.8 Å². The molecule has 0 radical (unpaired) electrons. The van der Waals surface area contributed by atoms with E-state index in [1.54, 1.807) is 12.1 Å². The van der Waals surface area contributed by atoms with Crippen molar-refractivity contribution in [3.8, 4) is 16.9 Å². The normalized spacial score (nSPS) is 12.4. The van der Waals surface area contributed by atoms with Gasteiger partial charge in [0, 0.05) is 0 Å². The average Bonchev–Trinajstić information content (AvgIpc) is 3.29. The first-order valence-corrected chi connectivity index (χ1v) is 12.6. The van der Waals surface area contributed by atoms with Gasteiger partial charge in [-0.2, -0.15) is 0 Å². The number of nitrogens with zero attached hydrogens (tertiary/aromatic N) is 1. The number of halogens is 1. The Bertz CT molecular complexity index is 1270. The van der Waals surface area contributed by atoms with Crippen molar-refractivity contribution in [2.24, 2.45) is 0 Å². The van der Waals surface area contributed by atoms with Gasteiger partial charge in [0.25, 0.3) is 0 Å². The summed E-state index contributed by atoms with van der Waals surface area (Å²) in [5.74, 6) is 0.859. The van der Waals surface area contributed by atoms with Gasteiger partial charge in [0.2, 0.25) is 0 Å². The molecule has 0 saturated carbocycles. The van der Waals surface area contributed by atoms with E-state index in [0.717, 1.165) is 29.7 Å². The fourth-order valence-electron chi connectivity index (χ4n) is 3.98. The van der Waals surface area contributed by atoms with Crippen molar-refractivity contribution in [2.75, 3.05) is 6.61 Å². The van der Waals surface area contributed by atoms with Gasteiger partial charge in [-0.15, -0.1) is 0 Å². The summed E-state index contributed by atoms with van der Waals surface area (Å²) in [4.78, 5) is 10.9. The molecule has 1 aliphatic rings. The Morgan fingerprint density at radius 1 is 0.844 bits per heavy atom. The molecule has 0 spiro atoms. The summed E-state index contributed by atoms with van der Waals surface area (Å²) in [5.41, 5.74) is 5.48. The second kappa shape index (κ2) is 9.12. The van der Waals surface area contributed by atoms with Gasteiger partial charge >= 0.3 is 188 Å². The van der Waals surface area contributed by atoms with Crippen LogP contribution in [0.25, 0.3) is 11.1 Å². The molecular weight excluding hydrogens is 513 g/mol. The molecule has 4 aromatic rings. The Morgan fingerprint density at radius 3 is 2.41 bits per heavy atom. The fourth-order valence-corrected chi connectivity index (χ4v) is 6.20. The Kier molecular flexibility index (Phi) is 5.90. The number of ether oxygens (including phenoxy) is 1. The minimum atomic E-state index is -0.353. The van der Waals surface area contributed by atoms with Crippen LogP contribution in [-0.2, 0) is 12.8 Å². The minimum absolute atomic E-state index is 0.0944. The van der Waals surface area contributed by atoms with Crippen LogP contribution in [0.1, 0.15) is 16.7 Å². The summed E-state index contributed by atoms with van der Waals surface area (Å²) in [7, 11) is 0. The number of nitro groups is 1. The Balaban J connectivity index is 1.42. The second-order valence-corrected chi connectivity index (χ2v) is 10.8. The summed E-state index contributed by atoms with van der Waals surface area (Å²) < 4.78 is 8.71. The summed E-state index contributed by atoms with van der Waals surface area (Å²) in [6.45, 7) is 0.651. The van der Waals surface area contributed by atoms with E-state index in [1.807, 2.05) is 6.07 Å². The van der Waals surface area contributed by atoms with Crippen molar-refractivity contribution >= 4 is 5.69 Å². The van der Waals surface area contributed by atoms with Crippen LogP contribution in [-0.4, -0.2) is 11.5 Å². The Labute approximate surface area is 197 Å². The van der Waals surface area contributed by atoms with Gasteiger partial charge in [-0.3, -0.25) is 10.1 Å². The molecule has 0 aromatic heterocycles. The van der Waals surface area contributed by atoms with E-state index in [1.165, 1.54) is 29.9 Å². The molecule has 0 N–H and O–H groups in total. The van der Waals surface area contributed by atoms with Crippen LogP contribution in [0.4, 0.5) is 5.69 Å². The molecule has 0 unspecified atom stereocenters. The molecule has 5 heteroatoms. The van der Waals surface area contributed by atoms with Crippen molar-refractivity contribution in [1.82, 2.24) is 0 Å². The third kappa shape index (κ3) is 4.53. The first-order valence-electron chi connectivity index (χ1n) is 10.5. The first-order chi connectivity index (χ1) is 15.7. The molecule has 0 saturated heterocycles. The number of fused-ring (bicyclic) bond motifs is 1. The van der Waals surface area contributed by atoms with Crippen LogP contribution in [0.5, 0.6) is 5.75 Å². The number of non-ortho nitro benzene ring substituents is 1. The van der Waals surface area contributed by atoms with Gasteiger partial charge in [0.1, 0.15) is 0 Å². The zero-order valence-corrected chi connectivity index (χ0v) is 19.5. The van der Waals surface area contributed by atoms with Crippen LogP contribution in [0, 0.1) is 17.3 Å². The third-order valence-corrected chi connectivity index (χ3v) is 8.17. The SMILES string of the molecule is O=[N+]([O-])c1cccc(-c2cc(Cc3ccc([I-]c4ccccc4)cc3)cc3c2OCC3)c1. The number of benzene rings is 4. The molecule has 4 aromatic carbocycles. The molecule has 0 amide bonds. The van der Waals surface area contributed by atoms with Crippen molar-refractivity contribution < 1.29 is 30.9 Å². The maximum absolute atomic E-state index is 11.2. The standard InChI is InChI=1S/C27H21INO3/c30-29(31)25-8-4-5-21(18-25)26-17-20(16-22-13-14-32-27(22)26)15-19-9-11-24(12-10-19)28-23-6-2-1-3-7-23/h1-12,16-18H,13-15H2/q-1. The number of nitro benzene ring substituents is 1. The predicted octanol–water partition coefficient (Wildman–Crippen LogP) is 2.92. The number of rotatable bonds is 6. The van der Waals surface area contributed by atoms with E-state index >= 15 is 0 Å². The molecule has 32 heavy (non-hydrogen) atoms.